The van der Waals surface area contributed by atoms with E-state index < -0.39 is 10.1 Å². The third kappa shape index (κ3) is 3.06. The van der Waals surface area contributed by atoms with Crippen molar-refractivity contribution in [1.29, 1.82) is 0 Å². The Kier molecular flexibility index (Phi) is 3.51. The van der Waals surface area contributed by atoms with E-state index in [0.717, 1.165) is 25.0 Å². The van der Waals surface area contributed by atoms with Gasteiger partial charge in [0.15, 0.2) is 0 Å². The molecular formula is C12H16O4S. The Morgan fingerprint density at radius 1 is 1.47 bits per heavy atom. The quantitative estimate of drug-likeness (QED) is 0.840. The Balaban J connectivity index is 2.33. The van der Waals surface area contributed by atoms with E-state index >= 15 is 0 Å². The van der Waals surface area contributed by atoms with Crippen molar-refractivity contribution in [3.8, 4) is 0 Å². The molecule has 1 aromatic carbocycles. The molecule has 1 aliphatic heterocycles. The van der Waals surface area contributed by atoms with Gasteiger partial charge in [-0.2, -0.15) is 8.42 Å². The van der Waals surface area contributed by atoms with Gasteiger partial charge in [-0.25, -0.2) is 0 Å². The van der Waals surface area contributed by atoms with E-state index in [0.29, 0.717) is 12.0 Å². The van der Waals surface area contributed by atoms with Crippen molar-refractivity contribution >= 4 is 10.1 Å². The first-order valence-electron chi connectivity index (χ1n) is 5.65. The van der Waals surface area contributed by atoms with E-state index in [1.54, 1.807) is 12.1 Å². The van der Waals surface area contributed by atoms with Gasteiger partial charge < -0.3 is 4.74 Å². The van der Waals surface area contributed by atoms with Crippen molar-refractivity contribution < 1.29 is 17.7 Å². The van der Waals surface area contributed by atoms with Crippen LogP contribution in [0.1, 0.15) is 24.0 Å². The summed E-state index contributed by atoms with van der Waals surface area (Å²) in [7, 11) is -4.15. The van der Waals surface area contributed by atoms with Gasteiger partial charge in [-0.05, 0) is 31.4 Å². The molecule has 0 spiro atoms. The molecule has 0 aliphatic carbocycles. The van der Waals surface area contributed by atoms with E-state index in [-0.39, 0.29) is 11.0 Å². The lowest BCUT2D eigenvalue weighted by Crippen LogP contribution is -2.12. The number of ether oxygens (including phenoxy) is 1. The number of aryl methyl sites for hydroxylation is 1. The first kappa shape index (κ1) is 12.5. The SMILES string of the molecule is Cc1ccc(S(=O)(=O)O)c(C[C@H]2CCCO2)c1. The number of rotatable bonds is 3. The van der Waals surface area contributed by atoms with Crippen LogP contribution in [0.2, 0.25) is 0 Å². The van der Waals surface area contributed by atoms with Crippen LogP contribution in [0.3, 0.4) is 0 Å². The summed E-state index contributed by atoms with van der Waals surface area (Å²) in [6.07, 6.45) is 2.56. The largest absolute Gasteiger partial charge is 0.378 e. The molecule has 0 aromatic heterocycles. The van der Waals surface area contributed by atoms with Crippen molar-refractivity contribution in [2.45, 2.75) is 37.2 Å². The van der Waals surface area contributed by atoms with Gasteiger partial charge >= 0.3 is 0 Å². The average molecular weight is 256 g/mol. The fourth-order valence-corrected chi connectivity index (χ4v) is 2.88. The lowest BCUT2D eigenvalue weighted by Gasteiger charge is -2.12. The van der Waals surface area contributed by atoms with Gasteiger partial charge in [-0.1, -0.05) is 17.7 Å². The van der Waals surface area contributed by atoms with Crippen LogP contribution in [0.15, 0.2) is 23.1 Å². The fourth-order valence-electron chi connectivity index (χ4n) is 2.17. The molecule has 0 saturated carbocycles. The zero-order chi connectivity index (χ0) is 12.5. The van der Waals surface area contributed by atoms with Crippen LogP contribution in [0.5, 0.6) is 0 Å². The molecule has 0 bridgehead atoms. The molecule has 0 unspecified atom stereocenters. The van der Waals surface area contributed by atoms with Crippen LogP contribution in [0.4, 0.5) is 0 Å². The summed E-state index contributed by atoms with van der Waals surface area (Å²) in [6.45, 7) is 2.63. The molecule has 17 heavy (non-hydrogen) atoms. The summed E-state index contributed by atoms with van der Waals surface area (Å²) >= 11 is 0. The minimum atomic E-state index is -4.15. The number of benzene rings is 1. The summed E-state index contributed by atoms with van der Waals surface area (Å²) < 4.78 is 37.2. The molecule has 1 N–H and O–H groups in total. The maximum Gasteiger partial charge on any atom is 0.294 e. The topological polar surface area (TPSA) is 63.6 Å². The fraction of sp³-hybridized carbons (Fsp3) is 0.500. The summed E-state index contributed by atoms with van der Waals surface area (Å²) in [5.41, 5.74) is 1.62. The Labute approximate surface area is 101 Å². The Bertz CT molecular complexity index is 501. The predicted octanol–water partition coefficient (Wildman–Crippen LogP) is 1.96. The van der Waals surface area contributed by atoms with Crippen LogP contribution >= 0.6 is 0 Å². The first-order valence-corrected chi connectivity index (χ1v) is 7.09. The van der Waals surface area contributed by atoms with Crippen molar-refractivity contribution in [3.05, 3.63) is 29.3 Å². The predicted molar refractivity (Wildman–Crippen MR) is 63.7 cm³/mol. The molecule has 1 fully saturated rings. The normalized spacial score (nSPS) is 20.7. The minimum Gasteiger partial charge on any atom is -0.378 e. The summed E-state index contributed by atoms with van der Waals surface area (Å²) in [4.78, 5) is -0.00130. The Hall–Kier alpha value is -0.910. The zero-order valence-corrected chi connectivity index (χ0v) is 10.5. The highest BCUT2D eigenvalue weighted by atomic mass is 32.2. The minimum absolute atomic E-state index is 0.00130. The number of hydrogen-bond donors (Lipinski definition) is 1. The van der Waals surface area contributed by atoms with Crippen LogP contribution in [0, 0.1) is 6.92 Å². The summed E-state index contributed by atoms with van der Waals surface area (Å²) in [5, 5.41) is 0. The second-order valence-corrected chi connectivity index (χ2v) is 5.82. The number of hydrogen-bond acceptors (Lipinski definition) is 3. The molecule has 0 amide bonds. The van der Waals surface area contributed by atoms with Crippen molar-refractivity contribution in [2.75, 3.05) is 6.61 Å². The van der Waals surface area contributed by atoms with Crippen LogP contribution in [-0.4, -0.2) is 25.7 Å². The molecule has 4 nitrogen and oxygen atoms in total. The summed E-state index contributed by atoms with van der Waals surface area (Å²) in [5.74, 6) is 0. The zero-order valence-electron chi connectivity index (χ0n) is 9.72. The maximum absolute atomic E-state index is 11.3. The van der Waals surface area contributed by atoms with E-state index in [1.165, 1.54) is 6.07 Å². The Morgan fingerprint density at radius 3 is 2.82 bits per heavy atom. The third-order valence-corrected chi connectivity index (χ3v) is 3.92. The van der Waals surface area contributed by atoms with E-state index in [9.17, 15) is 8.42 Å². The van der Waals surface area contributed by atoms with Gasteiger partial charge in [0.05, 0.1) is 11.0 Å². The second kappa shape index (κ2) is 4.76. The van der Waals surface area contributed by atoms with Crippen LogP contribution in [0.25, 0.3) is 0 Å². The molecule has 2 rings (SSSR count). The standard InChI is InChI=1S/C12H16O4S/c1-9-4-5-12(17(13,14)15)10(7-9)8-11-3-2-6-16-11/h4-5,7,11H,2-3,6,8H2,1H3,(H,13,14,15)/t11-/m1/s1. The van der Waals surface area contributed by atoms with E-state index in [1.807, 2.05) is 6.92 Å². The maximum atomic E-state index is 11.3. The molecule has 1 aromatic rings. The van der Waals surface area contributed by atoms with Gasteiger partial charge in [-0.15, -0.1) is 0 Å². The van der Waals surface area contributed by atoms with Gasteiger partial charge in [0.2, 0.25) is 0 Å². The highest BCUT2D eigenvalue weighted by molar-refractivity contribution is 7.85. The molecular weight excluding hydrogens is 240 g/mol. The molecule has 1 saturated heterocycles. The summed E-state index contributed by atoms with van der Waals surface area (Å²) in [6, 6.07) is 4.93. The lowest BCUT2D eigenvalue weighted by molar-refractivity contribution is 0.111. The van der Waals surface area contributed by atoms with Gasteiger partial charge in [0.25, 0.3) is 10.1 Å². The van der Waals surface area contributed by atoms with Crippen LogP contribution < -0.4 is 0 Å². The smallest absolute Gasteiger partial charge is 0.294 e. The van der Waals surface area contributed by atoms with E-state index in [4.69, 9.17) is 9.29 Å². The highest BCUT2D eigenvalue weighted by Crippen LogP contribution is 2.23. The molecule has 1 atom stereocenters. The molecule has 0 radical (unpaired) electrons. The van der Waals surface area contributed by atoms with Gasteiger partial charge in [-0.3, -0.25) is 4.55 Å². The Morgan fingerprint density at radius 2 is 2.24 bits per heavy atom. The average Bonchev–Trinajstić information content (AvgIpc) is 2.68. The third-order valence-electron chi connectivity index (χ3n) is 2.97. The monoisotopic (exact) mass is 256 g/mol. The lowest BCUT2D eigenvalue weighted by atomic mass is 10.0. The molecule has 1 aliphatic rings. The molecule has 1 heterocycles. The van der Waals surface area contributed by atoms with Gasteiger partial charge in [0, 0.05) is 13.0 Å². The molecule has 5 heteroatoms. The van der Waals surface area contributed by atoms with Crippen molar-refractivity contribution in [1.82, 2.24) is 0 Å². The van der Waals surface area contributed by atoms with Gasteiger partial charge in [0.1, 0.15) is 0 Å². The second-order valence-electron chi connectivity index (χ2n) is 4.43. The van der Waals surface area contributed by atoms with E-state index in [2.05, 4.69) is 0 Å². The molecule has 94 valence electrons. The van der Waals surface area contributed by atoms with Crippen LogP contribution in [-0.2, 0) is 21.3 Å². The van der Waals surface area contributed by atoms with Crippen molar-refractivity contribution in [2.24, 2.45) is 0 Å². The van der Waals surface area contributed by atoms with Crippen molar-refractivity contribution in [3.63, 3.8) is 0 Å². The first-order chi connectivity index (χ1) is 7.97. The highest BCUT2D eigenvalue weighted by Gasteiger charge is 2.21.